The Balaban J connectivity index is 1.99. The lowest BCUT2D eigenvalue weighted by molar-refractivity contribution is 0.182. The number of hydrogen-bond acceptors (Lipinski definition) is 3. The van der Waals surface area contributed by atoms with Gasteiger partial charge >= 0.3 is 0 Å². The van der Waals surface area contributed by atoms with Gasteiger partial charge in [-0.05, 0) is 44.6 Å². The van der Waals surface area contributed by atoms with Gasteiger partial charge in [0, 0.05) is 17.6 Å². The summed E-state index contributed by atoms with van der Waals surface area (Å²) in [6, 6.07) is 0. The van der Waals surface area contributed by atoms with Gasteiger partial charge in [-0.15, -0.1) is 11.3 Å². The molecule has 0 bridgehead atoms. The van der Waals surface area contributed by atoms with E-state index in [0.29, 0.717) is 5.41 Å². The maximum absolute atomic E-state index is 4.41. The predicted molar refractivity (Wildman–Crippen MR) is 79.2 cm³/mol. The van der Waals surface area contributed by atoms with Crippen LogP contribution in [0.2, 0.25) is 0 Å². The van der Waals surface area contributed by atoms with Gasteiger partial charge in [-0.2, -0.15) is 0 Å². The molecular formula is C15H26N2S. The molecule has 0 radical (unpaired) electrons. The zero-order chi connectivity index (χ0) is 12.8. The van der Waals surface area contributed by atoms with Crippen LogP contribution in [0.4, 0.5) is 0 Å². The van der Waals surface area contributed by atoms with E-state index in [4.69, 9.17) is 0 Å². The summed E-state index contributed by atoms with van der Waals surface area (Å²) in [7, 11) is 0. The van der Waals surface area contributed by atoms with Crippen molar-refractivity contribution in [2.45, 2.75) is 58.8 Å². The van der Waals surface area contributed by atoms with Crippen LogP contribution in [-0.4, -0.2) is 18.1 Å². The van der Waals surface area contributed by atoms with Crippen molar-refractivity contribution in [3.05, 3.63) is 16.1 Å². The summed E-state index contributed by atoms with van der Waals surface area (Å²) in [6.07, 6.45) is 11.6. The Morgan fingerprint density at radius 3 is 2.72 bits per heavy atom. The quantitative estimate of drug-likeness (QED) is 0.789. The summed E-state index contributed by atoms with van der Waals surface area (Å²) < 4.78 is 0. The number of nitrogens with one attached hydrogen (secondary N) is 1. The van der Waals surface area contributed by atoms with Gasteiger partial charge in [-0.3, -0.25) is 0 Å². The van der Waals surface area contributed by atoms with E-state index < -0.39 is 0 Å². The molecule has 1 aromatic heterocycles. The highest BCUT2D eigenvalue weighted by atomic mass is 32.1. The van der Waals surface area contributed by atoms with Crippen molar-refractivity contribution in [1.82, 2.24) is 10.3 Å². The molecule has 2 rings (SSSR count). The Kier molecular flexibility index (Phi) is 5.19. The highest BCUT2D eigenvalue weighted by Gasteiger charge is 2.32. The summed E-state index contributed by atoms with van der Waals surface area (Å²) in [6.45, 7) is 6.70. The van der Waals surface area contributed by atoms with E-state index in [-0.39, 0.29) is 0 Å². The second-order valence-corrected chi connectivity index (χ2v) is 7.08. The first kappa shape index (κ1) is 14.0. The van der Waals surface area contributed by atoms with E-state index in [0.717, 1.165) is 6.54 Å². The second-order valence-electron chi connectivity index (χ2n) is 5.76. The summed E-state index contributed by atoms with van der Waals surface area (Å²) in [5.41, 5.74) is 0.506. The monoisotopic (exact) mass is 266 g/mol. The Morgan fingerprint density at radius 1 is 1.33 bits per heavy atom. The van der Waals surface area contributed by atoms with Crippen LogP contribution < -0.4 is 5.32 Å². The van der Waals surface area contributed by atoms with E-state index in [1.807, 2.05) is 11.3 Å². The molecule has 102 valence electrons. The molecule has 0 amide bonds. The third kappa shape index (κ3) is 3.79. The van der Waals surface area contributed by atoms with Crippen molar-refractivity contribution in [2.75, 3.05) is 13.1 Å². The molecule has 1 aliphatic rings. The lowest BCUT2D eigenvalue weighted by Crippen LogP contribution is -2.38. The van der Waals surface area contributed by atoms with Crippen molar-refractivity contribution in [3.63, 3.8) is 0 Å². The van der Waals surface area contributed by atoms with Gasteiger partial charge in [-0.1, -0.05) is 26.2 Å². The first-order valence-electron chi connectivity index (χ1n) is 7.36. The maximum Gasteiger partial charge on any atom is 0.0896 e. The highest BCUT2D eigenvalue weighted by molar-refractivity contribution is 7.11. The molecule has 1 aliphatic carbocycles. The fraction of sp³-hybridized carbons (Fsp3) is 0.800. The third-order valence-corrected chi connectivity index (χ3v) is 4.97. The van der Waals surface area contributed by atoms with Crippen molar-refractivity contribution < 1.29 is 0 Å². The largest absolute Gasteiger partial charge is 0.316 e. The number of rotatable bonds is 6. The van der Waals surface area contributed by atoms with Crippen LogP contribution in [0.15, 0.2) is 6.20 Å². The molecule has 18 heavy (non-hydrogen) atoms. The van der Waals surface area contributed by atoms with E-state index in [9.17, 15) is 0 Å². The van der Waals surface area contributed by atoms with Crippen molar-refractivity contribution in [1.29, 1.82) is 0 Å². The van der Waals surface area contributed by atoms with Gasteiger partial charge in [0.2, 0.25) is 0 Å². The van der Waals surface area contributed by atoms with Gasteiger partial charge in [0.15, 0.2) is 0 Å². The van der Waals surface area contributed by atoms with Crippen LogP contribution in [0.25, 0.3) is 0 Å². The van der Waals surface area contributed by atoms with Gasteiger partial charge < -0.3 is 5.32 Å². The number of aromatic nitrogens is 1. The average molecular weight is 266 g/mol. The van der Waals surface area contributed by atoms with Crippen LogP contribution >= 0.6 is 11.3 Å². The van der Waals surface area contributed by atoms with E-state index in [2.05, 4.69) is 30.3 Å². The fourth-order valence-electron chi connectivity index (χ4n) is 3.10. The first-order chi connectivity index (χ1) is 8.74. The van der Waals surface area contributed by atoms with E-state index >= 15 is 0 Å². The lowest BCUT2D eigenvalue weighted by Gasteiger charge is -2.37. The number of thiazole rings is 1. The number of aryl methyl sites for hydroxylation is 1. The summed E-state index contributed by atoms with van der Waals surface area (Å²) in [5, 5.41) is 4.86. The molecular weight excluding hydrogens is 240 g/mol. The molecule has 0 aliphatic heterocycles. The molecule has 1 heterocycles. The smallest absolute Gasteiger partial charge is 0.0896 e. The zero-order valence-corrected chi connectivity index (χ0v) is 12.6. The molecule has 0 spiro atoms. The molecule has 1 aromatic rings. The fourth-order valence-corrected chi connectivity index (χ4v) is 4.07. The third-order valence-electron chi connectivity index (χ3n) is 4.06. The molecule has 0 unspecified atom stereocenters. The van der Waals surface area contributed by atoms with Crippen LogP contribution in [0, 0.1) is 12.3 Å². The first-order valence-corrected chi connectivity index (χ1v) is 8.18. The second kappa shape index (κ2) is 6.67. The molecule has 0 saturated heterocycles. The summed E-state index contributed by atoms with van der Waals surface area (Å²) >= 11 is 1.88. The van der Waals surface area contributed by atoms with Crippen LogP contribution in [0.3, 0.4) is 0 Å². The molecule has 1 fully saturated rings. The van der Waals surface area contributed by atoms with E-state index in [1.54, 1.807) is 0 Å². The Morgan fingerprint density at radius 2 is 2.11 bits per heavy atom. The van der Waals surface area contributed by atoms with Crippen LogP contribution in [-0.2, 0) is 6.42 Å². The van der Waals surface area contributed by atoms with Crippen LogP contribution in [0.5, 0.6) is 0 Å². The van der Waals surface area contributed by atoms with Gasteiger partial charge in [0.05, 0.1) is 5.01 Å². The number of nitrogens with zero attached hydrogens (tertiary/aromatic N) is 1. The standard InChI is InChI=1S/C15H26N2S/c1-3-9-16-12-15(7-5-4-6-8-15)10-14-11-17-13(2)18-14/h11,16H,3-10,12H2,1-2H3. The summed E-state index contributed by atoms with van der Waals surface area (Å²) in [5.74, 6) is 0. The molecule has 1 N–H and O–H groups in total. The normalized spacial score (nSPS) is 19.0. The van der Waals surface area contributed by atoms with Gasteiger partial charge in [0.25, 0.3) is 0 Å². The Hall–Kier alpha value is -0.410. The molecule has 0 aromatic carbocycles. The maximum atomic E-state index is 4.41. The molecule has 1 saturated carbocycles. The molecule has 3 heteroatoms. The van der Waals surface area contributed by atoms with Crippen molar-refractivity contribution in [3.8, 4) is 0 Å². The topological polar surface area (TPSA) is 24.9 Å². The molecule has 2 nitrogen and oxygen atoms in total. The minimum absolute atomic E-state index is 0.506. The lowest BCUT2D eigenvalue weighted by atomic mass is 9.71. The molecule has 0 atom stereocenters. The zero-order valence-electron chi connectivity index (χ0n) is 11.8. The minimum atomic E-state index is 0.506. The van der Waals surface area contributed by atoms with E-state index in [1.165, 1.54) is 61.4 Å². The van der Waals surface area contributed by atoms with Crippen molar-refractivity contribution >= 4 is 11.3 Å². The SMILES string of the molecule is CCCNCC1(Cc2cnc(C)s2)CCCCC1. The van der Waals surface area contributed by atoms with Crippen molar-refractivity contribution in [2.24, 2.45) is 5.41 Å². The van der Waals surface area contributed by atoms with Crippen LogP contribution in [0.1, 0.15) is 55.3 Å². The average Bonchev–Trinajstić information content (AvgIpc) is 2.76. The number of hydrogen-bond donors (Lipinski definition) is 1. The summed E-state index contributed by atoms with van der Waals surface area (Å²) in [4.78, 5) is 5.89. The Labute approximate surface area is 115 Å². The highest BCUT2D eigenvalue weighted by Crippen LogP contribution is 2.39. The Bertz CT molecular complexity index is 353. The van der Waals surface area contributed by atoms with Gasteiger partial charge in [0.1, 0.15) is 0 Å². The van der Waals surface area contributed by atoms with Gasteiger partial charge in [-0.25, -0.2) is 4.98 Å². The predicted octanol–water partition coefficient (Wildman–Crippen LogP) is 3.94. The minimum Gasteiger partial charge on any atom is -0.316 e.